The highest BCUT2D eigenvalue weighted by atomic mass is 35.5. The predicted octanol–water partition coefficient (Wildman–Crippen LogP) is 5.39. The zero-order valence-corrected chi connectivity index (χ0v) is 16.7. The molecule has 0 aliphatic rings. The number of furan rings is 1. The van der Waals surface area contributed by atoms with Gasteiger partial charge in [-0.2, -0.15) is 5.26 Å². The van der Waals surface area contributed by atoms with E-state index in [1.54, 1.807) is 36.4 Å². The second-order valence-electron chi connectivity index (χ2n) is 6.00. The van der Waals surface area contributed by atoms with E-state index in [1.165, 1.54) is 12.3 Å². The molecule has 146 valence electrons. The largest absolute Gasteiger partial charge is 0.487 e. The second kappa shape index (κ2) is 9.83. The summed E-state index contributed by atoms with van der Waals surface area (Å²) in [5, 5.41) is 12.9. The van der Waals surface area contributed by atoms with E-state index in [4.69, 9.17) is 32.4 Å². The molecule has 0 aliphatic carbocycles. The first-order chi connectivity index (χ1) is 14.1. The minimum Gasteiger partial charge on any atom is -0.487 e. The van der Waals surface area contributed by atoms with E-state index in [9.17, 15) is 10.1 Å². The van der Waals surface area contributed by atoms with Gasteiger partial charge in [-0.15, -0.1) is 0 Å². The number of nitrogens with one attached hydrogen (secondary N) is 1. The summed E-state index contributed by atoms with van der Waals surface area (Å²) in [5.74, 6) is 0.572. The van der Waals surface area contributed by atoms with Crippen molar-refractivity contribution in [3.63, 3.8) is 0 Å². The fourth-order valence-corrected chi connectivity index (χ4v) is 2.92. The van der Waals surface area contributed by atoms with Crippen molar-refractivity contribution in [1.82, 2.24) is 5.32 Å². The van der Waals surface area contributed by atoms with Crippen molar-refractivity contribution in [1.29, 1.82) is 5.26 Å². The van der Waals surface area contributed by atoms with Gasteiger partial charge >= 0.3 is 0 Å². The molecule has 1 N–H and O–H groups in total. The molecule has 0 saturated heterocycles. The molecule has 0 fully saturated rings. The Morgan fingerprint density at radius 1 is 1.14 bits per heavy atom. The number of nitrogens with zero attached hydrogens (tertiary/aromatic N) is 1. The number of halogens is 2. The Hall–Kier alpha value is -3.20. The van der Waals surface area contributed by atoms with Crippen LogP contribution in [0.5, 0.6) is 5.75 Å². The van der Waals surface area contributed by atoms with E-state index < -0.39 is 5.91 Å². The Bertz CT molecular complexity index is 1070. The smallest absolute Gasteiger partial charge is 0.262 e. The molecule has 1 heterocycles. The van der Waals surface area contributed by atoms with Crippen molar-refractivity contribution in [2.24, 2.45) is 0 Å². The molecule has 0 bridgehead atoms. The molecule has 0 atom stereocenters. The summed E-state index contributed by atoms with van der Waals surface area (Å²) in [4.78, 5) is 12.2. The molecule has 5 nitrogen and oxygen atoms in total. The monoisotopic (exact) mass is 426 g/mol. The van der Waals surface area contributed by atoms with Gasteiger partial charge in [-0.1, -0.05) is 47.5 Å². The van der Waals surface area contributed by atoms with Crippen LogP contribution in [0.4, 0.5) is 0 Å². The van der Waals surface area contributed by atoms with Gasteiger partial charge in [0, 0.05) is 10.6 Å². The minimum absolute atomic E-state index is 0.0441. The van der Waals surface area contributed by atoms with Gasteiger partial charge in [0.05, 0.1) is 17.8 Å². The molecule has 0 aliphatic heterocycles. The van der Waals surface area contributed by atoms with Crippen LogP contribution >= 0.6 is 23.2 Å². The van der Waals surface area contributed by atoms with Gasteiger partial charge in [-0.25, -0.2) is 0 Å². The molecule has 0 unspecified atom stereocenters. The van der Waals surface area contributed by atoms with Gasteiger partial charge in [0.15, 0.2) is 0 Å². The van der Waals surface area contributed by atoms with Crippen LogP contribution < -0.4 is 10.1 Å². The van der Waals surface area contributed by atoms with E-state index >= 15 is 0 Å². The van der Waals surface area contributed by atoms with Crippen LogP contribution in [0.15, 0.2) is 70.9 Å². The Morgan fingerprint density at radius 2 is 1.97 bits per heavy atom. The van der Waals surface area contributed by atoms with Gasteiger partial charge in [-0.3, -0.25) is 4.79 Å². The van der Waals surface area contributed by atoms with Gasteiger partial charge in [0.1, 0.15) is 29.8 Å². The van der Waals surface area contributed by atoms with E-state index in [0.717, 1.165) is 5.56 Å². The summed E-state index contributed by atoms with van der Waals surface area (Å²) in [6, 6.07) is 17.7. The first kappa shape index (κ1) is 20.5. The van der Waals surface area contributed by atoms with E-state index in [2.05, 4.69) is 5.32 Å². The molecule has 29 heavy (non-hydrogen) atoms. The maximum absolute atomic E-state index is 12.2. The zero-order chi connectivity index (χ0) is 20.6. The first-order valence-electron chi connectivity index (χ1n) is 8.65. The van der Waals surface area contributed by atoms with E-state index in [1.807, 2.05) is 24.3 Å². The average Bonchev–Trinajstić information content (AvgIpc) is 3.24. The van der Waals surface area contributed by atoms with Gasteiger partial charge in [-0.05, 0) is 42.0 Å². The van der Waals surface area contributed by atoms with Crippen molar-refractivity contribution >= 4 is 35.2 Å². The zero-order valence-electron chi connectivity index (χ0n) is 15.2. The number of carbonyl (C=O) groups excluding carboxylic acids is 1. The number of nitriles is 1. The summed E-state index contributed by atoms with van der Waals surface area (Å²) < 4.78 is 10.9. The van der Waals surface area contributed by atoms with Gasteiger partial charge in [0.25, 0.3) is 5.91 Å². The lowest BCUT2D eigenvalue weighted by Gasteiger charge is -2.10. The van der Waals surface area contributed by atoms with Crippen molar-refractivity contribution < 1.29 is 13.9 Å². The Kier molecular flexibility index (Phi) is 6.96. The standard InChI is InChI=1S/C22H16Cl2N2O3/c23-19-6-2-1-4-16(19)14-29-21-8-7-15(11-20(21)24)10-17(12-25)22(27)26-13-18-5-3-9-28-18/h1-11H,13-14H2,(H,26,27)/b17-10+. The lowest BCUT2D eigenvalue weighted by molar-refractivity contribution is -0.117. The van der Waals surface area contributed by atoms with Crippen LogP contribution in [0.3, 0.4) is 0 Å². The summed E-state index contributed by atoms with van der Waals surface area (Å²) >= 11 is 12.4. The quantitative estimate of drug-likeness (QED) is 0.405. The van der Waals surface area contributed by atoms with Gasteiger partial charge < -0.3 is 14.5 Å². The second-order valence-corrected chi connectivity index (χ2v) is 6.82. The van der Waals surface area contributed by atoms with Crippen LogP contribution in [-0.2, 0) is 17.9 Å². The van der Waals surface area contributed by atoms with Crippen LogP contribution in [0.25, 0.3) is 6.08 Å². The van der Waals surface area contributed by atoms with E-state index in [0.29, 0.717) is 27.1 Å². The number of benzene rings is 2. The van der Waals surface area contributed by atoms with Crippen LogP contribution in [0.1, 0.15) is 16.9 Å². The summed E-state index contributed by atoms with van der Waals surface area (Å²) in [6.45, 7) is 0.466. The third kappa shape index (κ3) is 5.64. The van der Waals surface area contributed by atoms with Crippen molar-refractivity contribution in [2.45, 2.75) is 13.2 Å². The Balaban J connectivity index is 1.66. The van der Waals surface area contributed by atoms with E-state index in [-0.39, 0.29) is 18.7 Å². The molecular weight excluding hydrogens is 411 g/mol. The third-order valence-electron chi connectivity index (χ3n) is 3.98. The highest BCUT2D eigenvalue weighted by Gasteiger charge is 2.11. The van der Waals surface area contributed by atoms with Gasteiger partial charge in [0.2, 0.25) is 0 Å². The molecule has 3 rings (SSSR count). The molecule has 1 aromatic heterocycles. The van der Waals surface area contributed by atoms with Crippen molar-refractivity contribution in [2.75, 3.05) is 0 Å². The number of hydrogen-bond donors (Lipinski definition) is 1. The third-order valence-corrected chi connectivity index (χ3v) is 4.64. The average molecular weight is 427 g/mol. The summed E-state index contributed by atoms with van der Waals surface area (Å²) in [6.07, 6.45) is 2.97. The molecule has 0 radical (unpaired) electrons. The van der Waals surface area contributed by atoms with Crippen molar-refractivity contribution in [3.8, 4) is 11.8 Å². The molecule has 0 spiro atoms. The first-order valence-corrected chi connectivity index (χ1v) is 9.40. The van der Waals surface area contributed by atoms with Crippen LogP contribution in [0, 0.1) is 11.3 Å². The number of amides is 1. The Labute approximate surface area is 178 Å². The lowest BCUT2D eigenvalue weighted by Crippen LogP contribution is -2.23. The molecular formula is C22H16Cl2N2O3. The predicted molar refractivity (Wildman–Crippen MR) is 111 cm³/mol. The van der Waals surface area contributed by atoms with Crippen LogP contribution in [0.2, 0.25) is 10.0 Å². The topological polar surface area (TPSA) is 75.3 Å². The lowest BCUT2D eigenvalue weighted by atomic mass is 10.1. The number of ether oxygens (including phenoxy) is 1. The minimum atomic E-state index is -0.501. The van der Waals surface area contributed by atoms with Crippen molar-refractivity contribution in [3.05, 3.63) is 93.4 Å². The highest BCUT2D eigenvalue weighted by Crippen LogP contribution is 2.28. The summed E-state index contributed by atoms with van der Waals surface area (Å²) in [7, 11) is 0. The SMILES string of the molecule is N#C/C(=C\c1ccc(OCc2ccccc2Cl)c(Cl)c1)C(=O)NCc1ccco1. The number of carbonyl (C=O) groups is 1. The maximum Gasteiger partial charge on any atom is 0.262 e. The fraction of sp³-hybridized carbons (Fsp3) is 0.0909. The summed E-state index contributed by atoms with van der Waals surface area (Å²) in [5.41, 5.74) is 1.40. The molecule has 7 heteroatoms. The molecule has 1 amide bonds. The molecule has 3 aromatic rings. The Morgan fingerprint density at radius 3 is 2.66 bits per heavy atom. The highest BCUT2D eigenvalue weighted by molar-refractivity contribution is 6.32. The normalized spacial score (nSPS) is 11.0. The maximum atomic E-state index is 12.2. The molecule has 2 aromatic carbocycles. The number of hydrogen-bond acceptors (Lipinski definition) is 4. The number of rotatable bonds is 7. The van der Waals surface area contributed by atoms with Crippen LogP contribution in [-0.4, -0.2) is 5.91 Å². The molecule has 0 saturated carbocycles. The fourth-order valence-electron chi connectivity index (χ4n) is 2.49.